The molecule has 0 amide bonds. The van der Waals surface area contributed by atoms with Gasteiger partial charge >= 0.3 is 0 Å². The highest BCUT2D eigenvalue weighted by atomic mass is 79.9. The van der Waals surface area contributed by atoms with E-state index in [4.69, 9.17) is 5.73 Å². The SMILES string of the molecule is NC(Cc1cn2ccsc2n1)c1ccc(Br)s1. The Bertz CT molecular complexity index is 611. The summed E-state index contributed by atoms with van der Waals surface area (Å²) in [6.45, 7) is 0. The number of hydrogen-bond acceptors (Lipinski definition) is 4. The average molecular weight is 328 g/mol. The van der Waals surface area contributed by atoms with Gasteiger partial charge < -0.3 is 5.73 Å². The van der Waals surface area contributed by atoms with Crippen LogP contribution in [-0.4, -0.2) is 9.38 Å². The first kappa shape index (κ1) is 11.4. The molecule has 0 saturated carbocycles. The van der Waals surface area contributed by atoms with E-state index in [1.807, 2.05) is 28.2 Å². The topological polar surface area (TPSA) is 43.3 Å². The summed E-state index contributed by atoms with van der Waals surface area (Å²) in [4.78, 5) is 6.75. The molecule has 0 aliphatic carbocycles. The highest BCUT2D eigenvalue weighted by Gasteiger charge is 2.12. The molecule has 3 nitrogen and oxygen atoms in total. The zero-order valence-corrected chi connectivity index (χ0v) is 12.1. The van der Waals surface area contributed by atoms with Gasteiger partial charge in [-0.05, 0) is 28.1 Å². The number of aromatic nitrogens is 2. The number of halogens is 1. The van der Waals surface area contributed by atoms with Crippen molar-refractivity contribution in [3.63, 3.8) is 0 Å². The second kappa shape index (κ2) is 4.53. The van der Waals surface area contributed by atoms with Crippen molar-refractivity contribution >= 4 is 43.6 Å². The Labute approximate surface area is 115 Å². The molecule has 1 atom stereocenters. The van der Waals surface area contributed by atoms with Crippen LogP contribution in [0.1, 0.15) is 16.6 Å². The normalized spacial score (nSPS) is 13.3. The molecule has 0 aliphatic rings. The highest BCUT2D eigenvalue weighted by molar-refractivity contribution is 9.11. The van der Waals surface area contributed by atoms with Crippen LogP contribution < -0.4 is 5.73 Å². The van der Waals surface area contributed by atoms with E-state index >= 15 is 0 Å². The summed E-state index contributed by atoms with van der Waals surface area (Å²) in [7, 11) is 0. The second-order valence-corrected chi connectivity index (χ2v) is 7.15. The summed E-state index contributed by atoms with van der Waals surface area (Å²) in [5.41, 5.74) is 7.22. The van der Waals surface area contributed by atoms with E-state index in [9.17, 15) is 0 Å². The first-order chi connectivity index (χ1) is 8.22. The molecule has 0 bridgehead atoms. The molecule has 0 radical (unpaired) electrons. The number of nitrogens with zero attached hydrogens (tertiary/aromatic N) is 2. The van der Waals surface area contributed by atoms with Gasteiger partial charge in [-0.3, -0.25) is 4.40 Å². The minimum atomic E-state index is 0.0240. The van der Waals surface area contributed by atoms with Crippen molar-refractivity contribution in [3.8, 4) is 0 Å². The maximum atomic E-state index is 6.17. The molecule has 1 unspecified atom stereocenters. The number of thiazole rings is 1. The van der Waals surface area contributed by atoms with Gasteiger partial charge in [0.1, 0.15) is 0 Å². The molecule has 0 aromatic carbocycles. The molecule has 3 aromatic heterocycles. The third-order valence-electron chi connectivity index (χ3n) is 2.53. The van der Waals surface area contributed by atoms with E-state index in [1.165, 1.54) is 4.88 Å². The van der Waals surface area contributed by atoms with Crippen molar-refractivity contribution in [2.24, 2.45) is 5.73 Å². The van der Waals surface area contributed by atoms with Crippen molar-refractivity contribution in [1.29, 1.82) is 0 Å². The van der Waals surface area contributed by atoms with E-state index in [1.54, 1.807) is 22.7 Å². The van der Waals surface area contributed by atoms with Gasteiger partial charge in [-0.2, -0.15) is 0 Å². The largest absolute Gasteiger partial charge is 0.323 e. The molecule has 17 heavy (non-hydrogen) atoms. The van der Waals surface area contributed by atoms with Crippen molar-refractivity contribution in [2.45, 2.75) is 12.5 Å². The van der Waals surface area contributed by atoms with E-state index in [2.05, 4.69) is 27.0 Å². The van der Waals surface area contributed by atoms with Crippen LogP contribution in [0.15, 0.2) is 33.7 Å². The molecule has 3 heterocycles. The quantitative estimate of drug-likeness (QED) is 0.800. The van der Waals surface area contributed by atoms with Crippen LogP contribution in [0.25, 0.3) is 4.96 Å². The third kappa shape index (κ3) is 2.30. The standard InChI is InChI=1S/C11H10BrN3S2/c12-10-2-1-9(17-10)8(13)5-7-6-15-3-4-16-11(15)14-7/h1-4,6,8H,5,13H2. The Balaban J connectivity index is 1.80. The lowest BCUT2D eigenvalue weighted by atomic mass is 10.1. The van der Waals surface area contributed by atoms with Crippen molar-refractivity contribution in [3.05, 3.63) is 44.3 Å². The molecule has 2 N–H and O–H groups in total. The van der Waals surface area contributed by atoms with Gasteiger partial charge in [0.2, 0.25) is 0 Å². The molecule has 3 aromatic rings. The van der Waals surface area contributed by atoms with E-state index in [-0.39, 0.29) is 6.04 Å². The predicted octanol–water partition coefficient (Wildman–Crippen LogP) is 3.46. The molecule has 6 heteroatoms. The molecule has 3 rings (SSSR count). The number of thiophene rings is 1. The van der Waals surface area contributed by atoms with Crippen LogP contribution in [-0.2, 0) is 6.42 Å². The zero-order chi connectivity index (χ0) is 11.8. The van der Waals surface area contributed by atoms with Crippen LogP contribution in [0.3, 0.4) is 0 Å². The maximum absolute atomic E-state index is 6.17. The minimum absolute atomic E-state index is 0.0240. The minimum Gasteiger partial charge on any atom is -0.323 e. The first-order valence-corrected chi connectivity index (χ1v) is 7.63. The lowest BCUT2D eigenvalue weighted by Gasteiger charge is -2.06. The van der Waals surface area contributed by atoms with Crippen LogP contribution in [0.5, 0.6) is 0 Å². The molecule has 0 saturated heterocycles. The third-order valence-corrected chi connectivity index (χ3v) is 5.06. The summed E-state index contributed by atoms with van der Waals surface area (Å²) >= 11 is 6.78. The lowest BCUT2D eigenvalue weighted by molar-refractivity contribution is 0.724. The van der Waals surface area contributed by atoms with Gasteiger partial charge in [-0.1, -0.05) is 0 Å². The Kier molecular flexibility index (Phi) is 3.04. The number of nitrogens with two attached hydrogens (primary N) is 1. The lowest BCUT2D eigenvalue weighted by Crippen LogP contribution is -2.11. The summed E-state index contributed by atoms with van der Waals surface area (Å²) in [6, 6.07) is 4.12. The van der Waals surface area contributed by atoms with E-state index in [0.29, 0.717) is 0 Å². The highest BCUT2D eigenvalue weighted by Crippen LogP contribution is 2.28. The van der Waals surface area contributed by atoms with Gasteiger partial charge in [0, 0.05) is 35.1 Å². The Morgan fingerprint density at radius 1 is 1.47 bits per heavy atom. The Morgan fingerprint density at radius 3 is 3.06 bits per heavy atom. The molecule has 0 spiro atoms. The number of imidazole rings is 1. The average Bonchev–Trinajstić information content (AvgIpc) is 2.92. The van der Waals surface area contributed by atoms with Gasteiger partial charge in [0.05, 0.1) is 9.48 Å². The predicted molar refractivity (Wildman–Crippen MR) is 75.7 cm³/mol. The van der Waals surface area contributed by atoms with Gasteiger partial charge in [0.15, 0.2) is 4.96 Å². The van der Waals surface area contributed by atoms with E-state index in [0.717, 1.165) is 20.9 Å². The molecule has 88 valence electrons. The van der Waals surface area contributed by atoms with Gasteiger partial charge in [0.25, 0.3) is 0 Å². The summed E-state index contributed by atoms with van der Waals surface area (Å²) in [5, 5.41) is 2.03. The molecular weight excluding hydrogens is 318 g/mol. The number of hydrogen-bond donors (Lipinski definition) is 1. The van der Waals surface area contributed by atoms with Crippen molar-refractivity contribution in [1.82, 2.24) is 9.38 Å². The van der Waals surface area contributed by atoms with Crippen LogP contribution >= 0.6 is 38.6 Å². The monoisotopic (exact) mass is 327 g/mol. The second-order valence-electron chi connectivity index (χ2n) is 3.78. The fourth-order valence-corrected chi connectivity index (χ4v) is 3.87. The van der Waals surface area contributed by atoms with Crippen LogP contribution in [0.2, 0.25) is 0 Å². The molecule has 0 fully saturated rings. The smallest absolute Gasteiger partial charge is 0.193 e. The van der Waals surface area contributed by atoms with E-state index < -0.39 is 0 Å². The fourth-order valence-electron chi connectivity index (χ4n) is 1.73. The van der Waals surface area contributed by atoms with Gasteiger partial charge in [-0.25, -0.2) is 4.98 Å². The number of fused-ring (bicyclic) bond motifs is 1. The molecule has 0 aliphatic heterocycles. The van der Waals surface area contributed by atoms with Gasteiger partial charge in [-0.15, -0.1) is 22.7 Å². The Hall–Kier alpha value is -0.690. The summed E-state index contributed by atoms with van der Waals surface area (Å²) in [6.07, 6.45) is 4.85. The van der Waals surface area contributed by atoms with Crippen LogP contribution in [0, 0.1) is 0 Å². The van der Waals surface area contributed by atoms with Crippen molar-refractivity contribution < 1.29 is 0 Å². The van der Waals surface area contributed by atoms with Crippen molar-refractivity contribution in [2.75, 3.05) is 0 Å². The summed E-state index contributed by atoms with van der Waals surface area (Å²) in [5.74, 6) is 0. The maximum Gasteiger partial charge on any atom is 0.193 e. The first-order valence-electron chi connectivity index (χ1n) is 5.14. The Morgan fingerprint density at radius 2 is 2.35 bits per heavy atom. The summed E-state index contributed by atoms with van der Waals surface area (Å²) < 4.78 is 3.16. The zero-order valence-electron chi connectivity index (χ0n) is 8.84. The molecular formula is C11H10BrN3S2. The van der Waals surface area contributed by atoms with Crippen LogP contribution in [0.4, 0.5) is 0 Å². The fraction of sp³-hybridized carbons (Fsp3) is 0.182. The number of rotatable bonds is 3.